The van der Waals surface area contributed by atoms with Gasteiger partial charge in [0.25, 0.3) is 0 Å². The van der Waals surface area contributed by atoms with Crippen molar-refractivity contribution < 1.29 is 13.9 Å². The number of hydrogen-bond donors (Lipinski definition) is 0. The highest BCUT2D eigenvalue weighted by atomic mass is 19.1. The van der Waals surface area contributed by atoms with Crippen LogP contribution in [0.1, 0.15) is 15.9 Å². The van der Waals surface area contributed by atoms with Crippen molar-refractivity contribution >= 4 is 5.97 Å². The number of carbonyl (C=O) groups excluding carboxylic acids is 1. The van der Waals surface area contributed by atoms with Crippen molar-refractivity contribution in [1.82, 2.24) is 4.98 Å². The summed E-state index contributed by atoms with van der Waals surface area (Å²) in [6.45, 7) is 1.72. The van der Waals surface area contributed by atoms with Crippen molar-refractivity contribution in [2.45, 2.75) is 6.92 Å². The first kappa shape index (κ1) is 8.64. The lowest BCUT2D eigenvalue weighted by molar-refractivity contribution is 0.0594. The first-order valence-electron chi connectivity index (χ1n) is 3.35. The van der Waals surface area contributed by atoms with E-state index < -0.39 is 11.9 Å². The summed E-state index contributed by atoms with van der Waals surface area (Å²) in [5, 5.41) is 0. The third-order valence-electron chi connectivity index (χ3n) is 1.38. The molecule has 1 rings (SSSR count). The minimum Gasteiger partial charge on any atom is -0.465 e. The molecule has 4 heteroatoms. The number of aromatic nitrogens is 1. The Morgan fingerprint density at radius 1 is 1.67 bits per heavy atom. The predicted octanol–water partition coefficient (Wildman–Crippen LogP) is 1.32. The van der Waals surface area contributed by atoms with Gasteiger partial charge in [-0.2, -0.15) is 4.39 Å². The zero-order valence-electron chi connectivity index (χ0n) is 6.80. The topological polar surface area (TPSA) is 39.2 Å². The standard InChI is InChI=1S/C8H8FNO2/c1-5-3-6(8(11)12-2)7(9)10-4-5/h3-4H,1-2H3. The second-order valence-electron chi connectivity index (χ2n) is 2.34. The number of ether oxygens (including phenoxy) is 1. The Morgan fingerprint density at radius 2 is 2.33 bits per heavy atom. The molecule has 1 aromatic rings. The highest BCUT2D eigenvalue weighted by Crippen LogP contribution is 2.07. The lowest BCUT2D eigenvalue weighted by Gasteiger charge is -2.00. The lowest BCUT2D eigenvalue weighted by Crippen LogP contribution is -2.06. The molecule has 1 aromatic heterocycles. The number of hydrogen-bond acceptors (Lipinski definition) is 3. The molecule has 0 aliphatic heterocycles. The quantitative estimate of drug-likeness (QED) is 0.470. The van der Waals surface area contributed by atoms with Crippen molar-refractivity contribution in [3.05, 3.63) is 29.3 Å². The lowest BCUT2D eigenvalue weighted by atomic mass is 10.2. The third kappa shape index (κ3) is 1.58. The number of nitrogens with zero attached hydrogens (tertiary/aromatic N) is 1. The Balaban J connectivity index is 3.13. The Morgan fingerprint density at radius 3 is 2.92 bits per heavy atom. The van der Waals surface area contributed by atoms with Crippen molar-refractivity contribution in [3.63, 3.8) is 0 Å². The van der Waals surface area contributed by atoms with Crippen LogP contribution in [0.3, 0.4) is 0 Å². The summed E-state index contributed by atoms with van der Waals surface area (Å²) in [5.74, 6) is -1.50. The average molecular weight is 169 g/mol. The van der Waals surface area contributed by atoms with E-state index in [2.05, 4.69) is 9.72 Å². The van der Waals surface area contributed by atoms with Crippen LogP contribution in [-0.2, 0) is 4.74 Å². The van der Waals surface area contributed by atoms with Gasteiger partial charge in [-0.05, 0) is 18.6 Å². The number of halogens is 1. The van der Waals surface area contributed by atoms with Gasteiger partial charge in [-0.1, -0.05) is 0 Å². The Bertz CT molecular complexity index is 312. The van der Waals surface area contributed by atoms with E-state index in [0.29, 0.717) is 0 Å². The van der Waals surface area contributed by atoms with E-state index in [1.807, 2.05) is 0 Å². The number of rotatable bonds is 1. The molecule has 0 atom stereocenters. The number of methoxy groups -OCH3 is 1. The average Bonchev–Trinajstić information content (AvgIpc) is 2.08. The fraction of sp³-hybridized carbons (Fsp3) is 0.250. The van der Waals surface area contributed by atoms with Crippen LogP contribution < -0.4 is 0 Å². The number of aryl methyl sites for hydroxylation is 1. The van der Waals surface area contributed by atoms with E-state index in [1.54, 1.807) is 6.92 Å². The molecule has 0 amide bonds. The molecule has 0 fully saturated rings. The van der Waals surface area contributed by atoms with E-state index >= 15 is 0 Å². The third-order valence-corrected chi connectivity index (χ3v) is 1.38. The van der Waals surface area contributed by atoms with Crippen LogP contribution in [-0.4, -0.2) is 18.1 Å². The summed E-state index contributed by atoms with van der Waals surface area (Å²) in [7, 11) is 1.20. The minimum atomic E-state index is -0.799. The molecule has 3 nitrogen and oxygen atoms in total. The van der Waals surface area contributed by atoms with Crippen LogP contribution in [0.25, 0.3) is 0 Å². The van der Waals surface area contributed by atoms with Gasteiger partial charge in [0.1, 0.15) is 5.56 Å². The van der Waals surface area contributed by atoms with Gasteiger partial charge in [0.2, 0.25) is 5.95 Å². The van der Waals surface area contributed by atoms with Crippen LogP contribution in [0.4, 0.5) is 4.39 Å². The first-order chi connectivity index (χ1) is 5.65. The smallest absolute Gasteiger partial charge is 0.342 e. The van der Waals surface area contributed by atoms with Crippen LogP contribution in [0.2, 0.25) is 0 Å². The molecule has 0 saturated heterocycles. The van der Waals surface area contributed by atoms with Gasteiger partial charge in [-0.15, -0.1) is 0 Å². The molecule has 0 aliphatic rings. The molecule has 0 unspecified atom stereocenters. The largest absolute Gasteiger partial charge is 0.465 e. The molecule has 0 spiro atoms. The Labute approximate surface area is 69.2 Å². The highest BCUT2D eigenvalue weighted by molar-refractivity contribution is 5.89. The SMILES string of the molecule is COC(=O)c1cc(C)cnc1F. The molecule has 0 aromatic carbocycles. The molecule has 0 radical (unpaired) electrons. The van der Waals surface area contributed by atoms with Gasteiger partial charge >= 0.3 is 5.97 Å². The molecule has 0 aliphatic carbocycles. The molecule has 0 saturated carbocycles. The molecule has 12 heavy (non-hydrogen) atoms. The zero-order valence-corrected chi connectivity index (χ0v) is 6.80. The van der Waals surface area contributed by atoms with Crippen LogP contribution in [0.5, 0.6) is 0 Å². The van der Waals surface area contributed by atoms with Crippen LogP contribution >= 0.6 is 0 Å². The van der Waals surface area contributed by atoms with Gasteiger partial charge in [0.05, 0.1) is 7.11 Å². The molecule has 0 N–H and O–H groups in total. The second-order valence-corrected chi connectivity index (χ2v) is 2.34. The predicted molar refractivity (Wildman–Crippen MR) is 40.3 cm³/mol. The van der Waals surface area contributed by atoms with Crippen molar-refractivity contribution in [2.24, 2.45) is 0 Å². The number of esters is 1. The highest BCUT2D eigenvalue weighted by Gasteiger charge is 2.12. The minimum absolute atomic E-state index is 0.127. The van der Waals surface area contributed by atoms with Gasteiger partial charge in [0, 0.05) is 6.20 Å². The first-order valence-corrected chi connectivity index (χ1v) is 3.35. The molecular formula is C8H8FNO2. The Hall–Kier alpha value is -1.45. The van der Waals surface area contributed by atoms with Crippen LogP contribution in [0, 0.1) is 12.9 Å². The zero-order chi connectivity index (χ0) is 9.14. The maximum absolute atomic E-state index is 12.8. The summed E-state index contributed by atoms with van der Waals surface area (Å²) in [5.41, 5.74) is 0.592. The van der Waals surface area contributed by atoms with E-state index in [4.69, 9.17) is 0 Å². The van der Waals surface area contributed by atoms with Crippen molar-refractivity contribution in [2.75, 3.05) is 7.11 Å². The molecular weight excluding hydrogens is 161 g/mol. The van der Waals surface area contributed by atoms with Crippen molar-refractivity contribution in [3.8, 4) is 0 Å². The summed E-state index contributed by atoms with van der Waals surface area (Å²) >= 11 is 0. The van der Waals surface area contributed by atoms with E-state index in [9.17, 15) is 9.18 Å². The molecule has 1 heterocycles. The van der Waals surface area contributed by atoms with Gasteiger partial charge < -0.3 is 4.74 Å². The fourth-order valence-corrected chi connectivity index (χ4v) is 0.806. The van der Waals surface area contributed by atoms with Crippen LogP contribution in [0.15, 0.2) is 12.3 Å². The second kappa shape index (κ2) is 3.30. The summed E-state index contributed by atoms with van der Waals surface area (Å²) in [6, 6.07) is 1.40. The summed E-state index contributed by atoms with van der Waals surface area (Å²) < 4.78 is 17.1. The normalized spacial score (nSPS) is 9.58. The molecule has 64 valence electrons. The fourth-order valence-electron chi connectivity index (χ4n) is 0.806. The number of carbonyl (C=O) groups is 1. The Kier molecular flexibility index (Phi) is 2.38. The summed E-state index contributed by atoms with van der Waals surface area (Å²) in [4.78, 5) is 14.3. The van der Waals surface area contributed by atoms with E-state index in [0.717, 1.165) is 5.56 Å². The maximum atomic E-state index is 12.8. The number of pyridine rings is 1. The monoisotopic (exact) mass is 169 g/mol. The summed E-state index contributed by atoms with van der Waals surface area (Å²) in [6.07, 6.45) is 1.35. The maximum Gasteiger partial charge on any atom is 0.342 e. The van der Waals surface area contributed by atoms with Gasteiger partial charge in [-0.25, -0.2) is 9.78 Å². The van der Waals surface area contributed by atoms with E-state index in [1.165, 1.54) is 19.4 Å². The van der Waals surface area contributed by atoms with Crippen molar-refractivity contribution in [1.29, 1.82) is 0 Å². The van der Waals surface area contributed by atoms with Gasteiger partial charge in [-0.3, -0.25) is 0 Å². The van der Waals surface area contributed by atoms with Gasteiger partial charge in [0.15, 0.2) is 0 Å². The van der Waals surface area contributed by atoms with E-state index in [-0.39, 0.29) is 5.56 Å². The molecule has 0 bridgehead atoms.